The molecule has 0 atom stereocenters. The molecule has 0 spiro atoms. The highest BCUT2D eigenvalue weighted by molar-refractivity contribution is 5.88. The van der Waals surface area contributed by atoms with Gasteiger partial charge in [-0.3, -0.25) is 4.90 Å². The highest BCUT2D eigenvalue weighted by Gasteiger charge is 2.19. The summed E-state index contributed by atoms with van der Waals surface area (Å²) >= 11 is 0. The van der Waals surface area contributed by atoms with Crippen molar-refractivity contribution in [2.45, 2.75) is 13.5 Å². The van der Waals surface area contributed by atoms with E-state index in [9.17, 15) is 9.18 Å². The van der Waals surface area contributed by atoms with E-state index in [1.165, 1.54) is 6.07 Å². The Balaban J connectivity index is 2.04. The van der Waals surface area contributed by atoms with Crippen LogP contribution in [-0.2, 0) is 6.54 Å². The van der Waals surface area contributed by atoms with Crippen LogP contribution in [0, 0.1) is 5.82 Å². The summed E-state index contributed by atoms with van der Waals surface area (Å²) in [5.74, 6) is -1.82. The molecule has 104 valence electrons. The van der Waals surface area contributed by atoms with Gasteiger partial charge in [-0.25, -0.2) is 9.18 Å². The van der Waals surface area contributed by atoms with Crippen molar-refractivity contribution in [3.8, 4) is 0 Å². The first-order valence-corrected chi connectivity index (χ1v) is 6.57. The SMILES string of the molecule is CCN1CCN(Cc2cccc(C(=O)O)c2F)CC1. The van der Waals surface area contributed by atoms with E-state index in [0.29, 0.717) is 12.1 Å². The van der Waals surface area contributed by atoms with Gasteiger partial charge in [0.2, 0.25) is 0 Å². The third-order valence-electron chi connectivity index (χ3n) is 3.62. The van der Waals surface area contributed by atoms with Crippen molar-refractivity contribution in [2.75, 3.05) is 32.7 Å². The number of carbonyl (C=O) groups is 1. The van der Waals surface area contributed by atoms with E-state index in [2.05, 4.69) is 16.7 Å². The summed E-state index contributed by atoms with van der Waals surface area (Å²) in [5.41, 5.74) is 0.217. The molecule has 1 aromatic carbocycles. The Morgan fingerprint density at radius 3 is 2.47 bits per heavy atom. The fourth-order valence-corrected chi connectivity index (χ4v) is 2.37. The van der Waals surface area contributed by atoms with Gasteiger partial charge in [0.05, 0.1) is 5.56 Å². The minimum Gasteiger partial charge on any atom is -0.478 e. The molecule has 1 saturated heterocycles. The van der Waals surface area contributed by atoms with Gasteiger partial charge >= 0.3 is 5.97 Å². The Morgan fingerprint density at radius 1 is 1.26 bits per heavy atom. The zero-order valence-corrected chi connectivity index (χ0v) is 11.1. The van der Waals surface area contributed by atoms with Crippen LogP contribution in [0.1, 0.15) is 22.8 Å². The van der Waals surface area contributed by atoms with Crippen molar-refractivity contribution in [3.05, 3.63) is 35.1 Å². The second-order valence-electron chi connectivity index (χ2n) is 4.79. The Kier molecular flexibility index (Phi) is 4.50. The first kappa shape index (κ1) is 14.0. The molecule has 0 saturated carbocycles. The van der Waals surface area contributed by atoms with Crippen molar-refractivity contribution in [3.63, 3.8) is 0 Å². The van der Waals surface area contributed by atoms with Gasteiger partial charge in [0.1, 0.15) is 5.82 Å². The molecule has 0 amide bonds. The number of aromatic carboxylic acids is 1. The van der Waals surface area contributed by atoms with Crippen LogP contribution in [0.25, 0.3) is 0 Å². The third-order valence-corrected chi connectivity index (χ3v) is 3.62. The van der Waals surface area contributed by atoms with Crippen molar-refractivity contribution in [1.29, 1.82) is 0 Å². The molecule has 0 unspecified atom stereocenters. The van der Waals surface area contributed by atoms with Crippen LogP contribution in [0.4, 0.5) is 4.39 Å². The molecule has 0 aliphatic carbocycles. The third kappa shape index (κ3) is 3.30. The van der Waals surface area contributed by atoms with Crippen molar-refractivity contribution in [1.82, 2.24) is 9.80 Å². The molecule has 19 heavy (non-hydrogen) atoms. The lowest BCUT2D eigenvalue weighted by molar-refractivity contribution is 0.0691. The van der Waals surface area contributed by atoms with E-state index in [4.69, 9.17) is 5.11 Å². The molecule has 0 bridgehead atoms. The van der Waals surface area contributed by atoms with Gasteiger partial charge < -0.3 is 10.0 Å². The Bertz CT molecular complexity index is 457. The lowest BCUT2D eigenvalue weighted by atomic mass is 10.1. The molecule has 1 aliphatic rings. The highest BCUT2D eigenvalue weighted by atomic mass is 19.1. The molecule has 1 aliphatic heterocycles. The van der Waals surface area contributed by atoms with Crippen LogP contribution in [0.15, 0.2) is 18.2 Å². The highest BCUT2D eigenvalue weighted by Crippen LogP contribution is 2.16. The largest absolute Gasteiger partial charge is 0.478 e. The fourth-order valence-electron chi connectivity index (χ4n) is 2.37. The summed E-state index contributed by atoms with van der Waals surface area (Å²) < 4.78 is 14.0. The van der Waals surface area contributed by atoms with Gasteiger partial charge in [-0.2, -0.15) is 0 Å². The number of piperazine rings is 1. The lowest BCUT2D eigenvalue weighted by Gasteiger charge is -2.34. The molecule has 2 rings (SSSR count). The normalized spacial score (nSPS) is 17.6. The number of halogens is 1. The summed E-state index contributed by atoms with van der Waals surface area (Å²) in [6.07, 6.45) is 0. The van der Waals surface area contributed by atoms with Crippen LogP contribution in [0.2, 0.25) is 0 Å². The summed E-state index contributed by atoms with van der Waals surface area (Å²) in [4.78, 5) is 15.4. The molecular weight excluding hydrogens is 247 g/mol. The van der Waals surface area contributed by atoms with E-state index in [-0.39, 0.29) is 5.56 Å². The average molecular weight is 266 g/mol. The standard InChI is InChI=1S/C14H19FN2O2/c1-2-16-6-8-17(9-7-16)10-11-4-3-5-12(13(11)15)14(18)19/h3-5H,2,6-10H2,1H3,(H,18,19). The number of benzene rings is 1. The minimum absolute atomic E-state index is 0.246. The van der Waals surface area contributed by atoms with Crippen molar-refractivity contribution in [2.24, 2.45) is 0 Å². The van der Waals surface area contributed by atoms with Crippen LogP contribution in [0.3, 0.4) is 0 Å². The van der Waals surface area contributed by atoms with Gasteiger partial charge in [0.15, 0.2) is 0 Å². The van der Waals surface area contributed by atoms with E-state index < -0.39 is 11.8 Å². The number of nitrogens with zero attached hydrogens (tertiary/aromatic N) is 2. The molecule has 0 radical (unpaired) electrons. The number of rotatable bonds is 4. The maximum Gasteiger partial charge on any atom is 0.338 e. The lowest BCUT2D eigenvalue weighted by Crippen LogP contribution is -2.45. The van der Waals surface area contributed by atoms with E-state index in [1.807, 2.05) is 0 Å². The van der Waals surface area contributed by atoms with Gasteiger partial charge in [-0.1, -0.05) is 19.1 Å². The fraction of sp³-hybridized carbons (Fsp3) is 0.500. The van der Waals surface area contributed by atoms with E-state index in [1.54, 1.807) is 12.1 Å². The predicted molar refractivity (Wildman–Crippen MR) is 70.8 cm³/mol. The molecule has 1 heterocycles. The Hall–Kier alpha value is -1.46. The molecule has 1 aromatic rings. The zero-order chi connectivity index (χ0) is 13.8. The molecular formula is C14H19FN2O2. The van der Waals surface area contributed by atoms with Gasteiger partial charge in [-0.05, 0) is 12.6 Å². The number of hydrogen-bond acceptors (Lipinski definition) is 3. The van der Waals surface area contributed by atoms with E-state index in [0.717, 1.165) is 32.7 Å². The first-order valence-electron chi connectivity index (χ1n) is 6.57. The van der Waals surface area contributed by atoms with Gasteiger partial charge in [0, 0.05) is 38.3 Å². The summed E-state index contributed by atoms with van der Waals surface area (Å²) in [7, 11) is 0. The van der Waals surface area contributed by atoms with Crippen molar-refractivity contribution >= 4 is 5.97 Å². The van der Waals surface area contributed by atoms with Crippen LogP contribution in [0.5, 0.6) is 0 Å². The maximum atomic E-state index is 14.0. The molecule has 0 aromatic heterocycles. The smallest absolute Gasteiger partial charge is 0.338 e. The average Bonchev–Trinajstić information content (AvgIpc) is 2.41. The monoisotopic (exact) mass is 266 g/mol. The molecule has 1 N–H and O–H groups in total. The second-order valence-corrected chi connectivity index (χ2v) is 4.79. The number of likely N-dealkylation sites (N-methyl/N-ethyl adjacent to an activating group) is 1. The van der Waals surface area contributed by atoms with Gasteiger partial charge in [0.25, 0.3) is 0 Å². The van der Waals surface area contributed by atoms with Crippen LogP contribution < -0.4 is 0 Å². The number of hydrogen-bond donors (Lipinski definition) is 1. The topological polar surface area (TPSA) is 43.8 Å². The minimum atomic E-state index is -1.21. The predicted octanol–water partition coefficient (Wildman–Crippen LogP) is 1.66. The summed E-state index contributed by atoms with van der Waals surface area (Å²) in [5, 5.41) is 8.90. The van der Waals surface area contributed by atoms with Crippen molar-refractivity contribution < 1.29 is 14.3 Å². The maximum absolute atomic E-state index is 14.0. The number of carboxylic acids is 1. The van der Waals surface area contributed by atoms with Crippen LogP contribution >= 0.6 is 0 Å². The van der Waals surface area contributed by atoms with Gasteiger partial charge in [-0.15, -0.1) is 0 Å². The number of carboxylic acid groups (broad SMARTS) is 1. The first-order chi connectivity index (χ1) is 9.11. The quantitative estimate of drug-likeness (QED) is 0.900. The summed E-state index contributed by atoms with van der Waals surface area (Å²) in [6.45, 7) is 7.40. The molecule has 5 heteroatoms. The van der Waals surface area contributed by atoms with Crippen LogP contribution in [-0.4, -0.2) is 53.6 Å². The summed E-state index contributed by atoms with van der Waals surface area (Å²) in [6, 6.07) is 4.56. The molecule has 4 nitrogen and oxygen atoms in total. The Labute approximate surface area is 112 Å². The second kappa shape index (κ2) is 6.12. The zero-order valence-electron chi connectivity index (χ0n) is 11.1. The van der Waals surface area contributed by atoms with E-state index >= 15 is 0 Å². The Morgan fingerprint density at radius 2 is 1.89 bits per heavy atom. The molecule has 1 fully saturated rings.